The number of rotatable bonds is 2. The molecular formula is C14H16Cl2N2S. The molecule has 1 aromatic carbocycles. The van der Waals surface area contributed by atoms with Crippen molar-refractivity contribution in [3.8, 4) is 0 Å². The fourth-order valence-electron chi connectivity index (χ4n) is 3.33. The summed E-state index contributed by atoms with van der Waals surface area (Å²) in [7, 11) is 0. The first-order valence-corrected chi connectivity index (χ1v) is 7.81. The molecule has 0 unspecified atom stereocenters. The quantitative estimate of drug-likeness (QED) is 0.788. The van der Waals surface area contributed by atoms with Crippen LogP contribution >= 0.6 is 35.4 Å². The molecule has 2 bridgehead atoms. The Morgan fingerprint density at radius 2 is 2.00 bits per heavy atom. The molecule has 0 amide bonds. The van der Waals surface area contributed by atoms with Gasteiger partial charge < -0.3 is 10.6 Å². The number of anilines is 1. The Kier molecular flexibility index (Phi) is 3.88. The summed E-state index contributed by atoms with van der Waals surface area (Å²) in [5.41, 5.74) is 0.870. The first-order chi connectivity index (χ1) is 9.11. The Morgan fingerprint density at radius 1 is 1.16 bits per heavy atom. The minimum absolute atomic E-state index is 0.536. The van der Waals surface area contributed by atoms with Crippen molar-refractivity contribution in [3.63, 3.8) is 0 Å². The second-order valence-electron chi connectivity index (χ2n) is 5.51. The number of hydrogen-bond donors (Lipinski definition) is 2. The van der Waals surface area contributed by atoms with E-state index in [1.807, 2.05) is 6.07 Å². The fraction of sp³-hybridized carbons (Fsp3) is 0.500. The van der Waals surface area contributed by atoms with Crippen LogP contribution in [-0.2, 0) is 0 Å². The average molecular weight is 315 g/mol. The molecule has 0 heterocycles. The predicted molar refractivity (Wildman–Crippen MR) is 85.1 cm³/mol. The molecule has 2 N–H and O–H groups in total. The molecule has 0 radical (unpaired) electrons. The van der Waals surface area contributed by atoms with Crippen molar-refractivity contribution in [2.45, 2.75) is 31.7 Å². The zero-order chi connectivity index (χ0) is 13.4. The Balaban J connectivity index is 1.57. The van der Waals surface area contributed by atoms with Gasteiger partial charge in [-0.05, 0) is 61.5 Å². The van der Waals surface area contributed by atoms with Crippen molar-refractivity contribution in [2.24, 2.45) is 11.8 Å². The van der Waals surface area contributed by atoms with Gasteiger partial charge in [0, 0.05) is 11.7 Å². The van der Waals surface area contributed by atoms with Gasteiger partial charge in [-0.3, -0.25) is 0 Å². The number of nitrogens with one attached hydrogen (secondary N) is 2. The minimum atomic E-state index is 0.536. The molecule has 2 aliphatic rings. The van der Waals surface area contributed by atoms with E-state index < -0.39 is 0 Å². The largest absolute Gasteiger partial charge is 0.359 e. The van der Waals surface area contributed by atoms with Gasteiger partial charge in [-0.15, -0.1) is 0 Å². The molecule has 2 nitrogen and oxygen atoms in total. The molecule has 3 rings (SSSR count). The van der Waals surface area contributed by atoms with Crippen molar-refractivity contribution >= 4 is 46.2 Å². The first-order valence-electron chi connectivity index (χ1n) is 6.64. The molecule has 2 fully saturated rings. The van der Waals surface area contributed by atoms with Crippen LogP contribution in [0.2, 0.25) is 10.0 Å². The molecule has 0 aliphatic heterocycles. The maximum absolute atomic E-state index is 5.98. The van der Waals surface area contributed by atoms with E-state index >= 15 is 0 Å². The van der Waals surface area contributed by atoms with Gasteiger partial charge >= 0.3 is 0 Å². The third kappa shape index (κ3) is 2.99. The highest BCUT2D eigenvalue weighted by Gasteiger charge is 2.39. The number of fused-ring (bicyclic) bond motifs is 2. The summed E-state index contributed by atoms with van der Waals surface area (Å²) in [5, 5.41) is 8.38. The lowest BCUT2D eigenvalue weighted by molar-refractivity contribution is 0.392. The highest BCUT2D eigenvalue weighted by molar-refractivity contribution is 7.80. The molecule has 1 aromatic rings. The summed E-state index contributed by atoms with van der Waals surface area (Å²) in [6.45, 7) is 0. The third-order valence-electron chi connectivity index (χ3n) is 4.23. The van der Waals surface area contributed by atoms with Crippen LogP contribution in [0.25, 0.3) is 0 Å². The monoisotopic (exact) mass is 314 g/mol. The summed E-state index contributed by atoms with van der Waals surface area (Å²) < 4.78 is 0. The lowest BCUT2D eigenvalue weighted by Crippen LogP contribution is -2.40. The van der Waals surface area contributed by atoms with Gasteiger partial charge in [0.05, 0.1) is 10.0 Å². The van der Waals surface area contributed by atoms with Crippen LogP contribution in [0.1, 0.15) is 25.7 Å². The van der Waals surface area contributed by atoms with E-state index in [9.17, 15) is 0 Å². The van der Waals surface area contributed by atoms with Gasteiger partial charge in [0.25, 0.3) is 0 Å². The molecule has 0 spiro atoms. The highest BCUT2D eigenvalue weighted by Crippen LogP contribution is 2.44. The molecule has 19 heavy (non-hydrogen) atoms. The highest BCUT2D eigenvalue weighted by atomic mass is 35.5. The number of thiocarbonyl (C=S) groups is 1. The summed E-state index contributed by atoms with van der Waals surface area (Å²) in [4.78, 5) is 0. The molecule has 5 heteroatoms. The van der Waals surface area contributed by atoms with Crippen LogP contribution in [0.4, 0.5) is 5.69 Å². The molecule has 0 aromatic heterocycles. The van der Waals surface area contributed by atoms with Crippen molar-refractivity contribution in [3.05, 3.63) is 28.2 Å². The van der Waals surface area contributed by atoms with Crippen LogP contribution in [0.3, 0.4) is 0 Å². The fourth-order valence-corrected chi connectivity index (χ4v) is 3.90. The second kappa shape index (κ2) is 5.47. The first kappa shape index (κ1) is 13.5. The predicted octanol–water partition coefficient (Wildman–Crippen LogP) is 4.47. The lowest BCUT2D eigenvalue weighted by Gasteiger charge is -2.24. The maximum Gasteiger partial charge on any atom is 0.171 e. The van der Waals surface area contributed by atoms with Crippen molar-refractivity contribution in [1.82, 2.24) is 5.32 Å². The Bertz CT molecular complexity index is 506. The van der Waals surface area contributed by atoms with Gasteiger partial charge in [0.1, 0.15) is 0 Å². The number of halogens is 2. The molecule has 102 valence electrons. The summed E-state index contributed by atoms with van der Waals surface area (Å²) >= 11 is 17.2. The Labute approximate surface area is 128 Å². The van der Waals surface area contributed by atoms with E-state index in [-0.39, 0.29) is 0 Å². The van der Waals surface area contributed by atoms with Gasteiger partial charge in [0.2, 0.25) is 0 Å². The Morgan fingerprint density at radius 3 is 2.63 bits per heavy atom. The van der Waals surface area contributed by atoms with E-state index in [0.29, 0.717) is 21.2 Å². The topological polar surface area (TPSA) is 24.1 Å². The van der Waals surface area contributed by atoms with E-state index in [1.165, 1.54) is 25.7 Å². The standard InChI is InChI=1S/C14H16Cl2N2S/c15-11-4-3-10(7-12(11)16)17-14(19)18-13-6-8-1-2-9(13)5-8/h3-4,7-9,13H,1-2,5-6H2,(H2,17,18,19)/t8-,9+,13-/m0/s1. The van der Waals surface area contributed by atoms with Crippen molar-refractivity contribution in [1.29, 1.82) is 0 Å². The van der Waals surface area contributed by atoms with Gasteiger partial charge in [0.15, 0.2) is 5.11 Å². The number of hydrogen-bond acceptors (Lipinski definition) is 1. The molecule has 2 saturated carbocycles. The van der Waals surface area contributed by atoms with Crippen LogP contribution < -0.4 is 10.6 Å². The van der Waals surface area contributed by atoms with Crippen molar-refractivity contribution in [2.75, 3.05) is 5.32 Å². The van der Waals surface area contributed by atoms with Crippen LogP contribution in [0.15, 0.2) is 18.2 Å². The normalized spacial score (nSPS) is 28.4. The smallest absolute Gasteiger partial charge is 0.171 e. The summed E-state index contributed by atoms with van der Waals surface area (Å²) in [5.74, 6) is 1.72. The molecule has 2 aliphatic carbocycles. The van der Waals surface area contributed by atoms with E-state index in [2.05, 4.69) is 10.6 Å². The van der Waals surface area contributed by atoms with Crippen molar-refractivity contribution < 1.29 is 0 Å². The zero-order valence-corrected chi connectivity index (χ0v) is 12.8. The third-order valence-corrected chi connectivity index (χ3v) is 5.19. The van der Waals surface area contributed by atoms with Crippen LogP contribution in [0, 0.1) is 11.8 Å². The average Bonchev–Trinajstić information content (AvgIpc) is 2.96. The summed E-state index contributed by atoms with van der Waals surface area (Å²) in [6, 6.07) is 5.98. The van der Waals surface area contributed by atoms with Gasteiger partial charge in [-0.25, -0.2) is 0 Å². The lowest BCUT2D eigenvalue weighted by atomic mass is 9.96. The summed E-state index contributed by atoms with van der Waals surface area (Å²) in [6.07, 6.45) is 5.37. The molecule has 3 atom stereocenters. The maximum atomic E-state index is 5.98. The van der Waals surface area contributed by atoms with E-state index in [4.69, 9.17) is 35.4 Å². The second-order valence-corrected chi connectivity index (χ2v) is 6.73. The van der Waals surface area contributed by atoms with E-state index in [1.54, 1.807) is 12.1 Å². The van der Waals surface area contributed by atoms with Crippen LogP contribution in [0.5, 0.6) is 0 Å². The number of benzene rings is 1. The van der Waals surface area contributed by atoms with Crippen LogP contribution in [-0.4, -0.2) is 11.2 Å². The van der Waals surface area contributed by atoms with Gasteiger partial charge in [-0.1, -0.05) is 29.6 Å². The minimum Gasteiger partial charge on any atom is -0.359 e. The SMILES string of the molecule is S=C(Nc1ccc(Cl)c(Cl)c1)N[C@H]1C[C@H]2CC[C@@H]1C2. The zero-order valence-electron chi connectivity index (χ0n) is 10.5. The Hall–Kier alpha value is -0.510. The van der Waals surface area contributed by atoms with Gasteiger partial charge in [-0.2, -0.15) is 0 Å². The molecule has 0 saturated heterocycles. The van der Waals surface area contributed by atoms with E-state index in [0.717, 1.165) is 17.5 Å². The molecular weight excluding hydrogens is 299 g/mol.